The van der Waals surface area contributed by atoms with Crippen LogP contribution in [-0.4, -0.2) is 60.0 Å². The van der Waals surface area contributed by atoms with E-state index in [0.717, 1.165) is 60.5 Å². The molecule has 1 aromatic carbocycles. The highest BCUT2D eigenvalue weighted by atomic mass is 32.1. The van der Waals surface area contributed by atoms with Crippen LogP contribution in [0.2, 0.25) is 0 Å². The average Bonchev–Trinajstić information content (AvgIpc) is 3.02. The van der Waals surface area contributed by atoms with E-state index in [2.05, 4.69) is 23.7 Å². The fourth-order valence-electron chi connectivity index (χ4n) is 3.21. The van der Waals surface area contributed by atoms with E-state index in [1.807, 2.05) is 42.2 Å². The van der Waals surface area contributed by atoms with E-state index in [1.165, 1.54) is 0 Å². The Morgan fingerprint density at radius 1 is 1.19 bits per heavy atom. The van der Waals surface area contributed by atoms with Gasteiger partial charge in [-0.25, -0.2) is 4.98 Å². The maximum Gasteiger partial charge on any atom is 0.265 e. The zero-order chi connectivity index (χ0) is 19.2. The number of hydrogen-bond acceptors (Lipinski definition) is 5. The molecule has 3 rings (SSSR count). The number of nitrogens with zero attached hydrogens (tertiary/aromatic N) is 3. The third kappa shape index (κ3) is 5.53. The number of rotatable bonds is 7. The number of amides is 1. The molecule has 6 heteroatoms. The number of thiazole rings is 1. The average molecular weight is 388 g/mol. The molecule has 0 saturated carbocycles. The van der Waals surface area contributed by atoms with Crippen molar-refractivity contribution < 1.29 is 9.53 Å². The highest BCUT2D eigenvalue weighted by Gasteiger charge is 2.25. The van der Waals surface area contributed by atoms with Crippen LogP contribution in [0.1, 0.15) is 34.2 Å². The largest absolute Gasteiger partial charge is 0.492 e. The lowest BCUT2D eigenvalue weighted by atomic mass is 10.1. The predicted molar refractivity (Wildman–Crippen MR) is 110 cm³/mol. The highest BCUT2D eigenvalue weighted by molar-refractivity contribution is 7.13. The van der Waals surface area contributed by atoms with Crippen LogP contribution in [0.15, 0.2) is 30.3 Å². The van der Waals surface area contributed by atoms with Gasteiger partial charge in [-0.05, 0) is 25.0 Å². The van der Waals surface area contributed by atoms with Gasteiger partial charge >= 0.3 is 0 Å². The molecule has 146 valence electrons. The van der Waals surface area contributed by atoms with Gasteiger partial charge in [0.1, 0.15) is 17.2 Å². The molecule has 1 saturated heterocycles. The van der Waals surface area contributed by atoms with Crippen LogP contribution in [-0.2, 0) is 6.42 Å². The van der Waals surface area contributed by atoms with Crippen molar-refractivity contribution >= 4 is 17.2 Å². The first-order chi connectivity index (χ1) is 13.0. The van der Waals surface area contributed by atoms with Gasteiger partial charge in [-0.2, -0.15) is 0 Å². The summed E-state index contributed by atoms with van der Waals surface area (Å²) >= 11 is 1.57. The SMILES string of the molecule is Cc1nc(CC(C)C)sc1C(=O)N1CCN(CCOc2ccccc2)CC1. The second-order valence-corrected chi connectivity index (χ2v) is 8.50. The molecule has 1 fully saturated rings. The van der Waals surface area contributed by atoms with Gasteiger partial charge < -0.3 is 9.64 Å². The molecule has 1 aliphatic rings. The summed E-state index contributed by atoms with van der Waals surface area (Å²) in [4.78, 5) is 22.6. The van der Waals surface area contributed by atoms with Crippen molar-refractivity contribution in [3.63, 3.8) is 0 Å². The van der Waals surface area contributed by atoms with Crippen molar-refractivity contribution in [1.29, 1.82) is 0 Å². The number of benzene rings is 1. The zero-order valence-corrected chi connectivity index (χ0v) is 17.3. The number of para-hydroxylation sites is 1. The third-order valence-electron chi connectivity index (χ3n) is 4.70. The van der Waals surface area contributed by atoms with E-state index in [9.17, 15) is 4.79 Å². The van der Waals surface area contributed by atoms with E-state index in [4.69, 9.17) is 4.74 Å². The lowest BCUT2D eigenvalue weighted by Crippen LogP contribution is -2.49. The Morgan fingerprint density at radius 3 is 2.56 bits per heavy atom. The number of carbonyl (C=O) groups excluding carboxylic acids is 1. The lowest BCUT2D eigenvalue weighted by molar-refractivity contribution is 0.0624. The Morgan fingerprint density at radius 2 is 1.89 bits per heavy atom. The summed E-state index contributed by atoms with van der Waals surface area (Å²) < 4.78 is 5.77. The van der Waals surface area contributed by atoms with Crippen LogP contribution < -0.4 is 4.74 Å². The summed E-state index contributed by atoms with van der Waals surface area (Å²) in [5.41, 5.74) is 0.874. The topological polar surface area (TPSA) is 45.7 Å². The van der Waals surface area contributed by atoms with E-state index in [-0.39, 0.29) is 5.91 Å². The normalized spacial score (nSPS) is 15.3. The van der Waals surface area contributed by atoms with Crippen LogP contribution in [0.3, 0.4) is 0 Å². The monoisotopic (exact) mass is 387 g/mol. The van der Waals surface area contributed by atoms with Crippen LogP contribution in [0.5, 0.6) is 5.75 Å². The first kappa shape index (κ1) is 19.8. The van der Waals surface area contributed by atoms with Crippen LogP contribution in [0, 0.1) is 12.8 Å². The van der Waals surface area contributed by atoms with Crippen molar-refractivity contribution in [2.24, 2.45) is 5.92 Å². The molecule has 0 N–H and O–H groups in total. The molecule has 0 bridgehead atoms. The Hall–Kier alpha value is -1.92. The van der Waals surface area contributed by atoms with Crippen molar-refractivity contribution in [3.05, 3.63) is 45.9 Å². The Kier molecular flexibility index (Phi) is 6.85. The van der Waals surface area contributed by atoms with Gasteiger partial charge in [-0.1, -0.05) is 32.0 Å². The fourth-order valence-corrected chi connectivity index (χ4v) is 4.46. The van der Waals surface area contributed by atoms with E-state index in [0.29, 0.717) is 12.5 Å². The number of carbonyl (C=O) groups is 1. The Balaban J connectivity index is 1.46. The van der Waals surface area contributed by atoms with Crippen molar-refractivity contribution in [2.45, 2.75) is 27.2 Å². The number of aromatic nitrogens is 1. The van der Waals surface area contributed by atoms with Crippen molar-refractivity contribution in [3.8, 4) is 5.75 Å². The minimum absolute atomic E-state index is 0.139. The second kappa shape index (κ2) is 9.33. The van der Waals surface area contributed by atoms with E-state index in [1.54, 1.807) is 11.3 Å². The van der Waals surface area contributed by atoms with Gasteiger partial charge in [-0.15, -0.1) is 11.3 Å². The molecule has 0 radical (unpaired) electrons. The summed E-state index contributed by atoms with van der Waals surface area (Å²) in [5.74, 6) is 1.60. The van der Waals surface area contributed by atoms with Gasteiger partial charge in [0.25, 0.3) is 5.91 Å². The van der Waals surface area contributed by atoms with Crippen molar-refractivity contribution in [2.75, 3.05) is 39.3 Å². The zero-order valence-electron chi connectivity index (χ0n) is 16.5. The van der Waals surface area contributed by atoms with E-state index >= 15 is 0 Å². The van der Waals surface area contributed by atoms with Gasteiger partial charge in [0.15, 0.2) is 0 Å². The second-order valence-electron chi connectivity index (χ2n) is 7.42. The van der Waals surface area contributed by atoms with Gasteiger partial charge in [0.05, 0.1) is 10.7 Å². The van der Waals surface area contributed by atoms with Crippen LogP contribution in [0.25, 0.3) is 0 Å². The first-order valence-corrected chi connectivity index (χ1v) is 10.5. The molecule has 27 heavy (non-hydrogen) atoms. The molecule has 5 nitrogen and oxygen atoms in total. The van der Waals surface area contributed by atoms with Gasteiger partial charge in [-0.3, -0.25) is 9.69 Å². The molecule has 1 aromatic heterocycles. The number of piperazine rings is 1. The minimum atomic E-state index is 0.139. The lowest BCUT2D eigenvalue weighted by Gasteiger charge is -2.34. The molecule has 0 aliphatic carbocycles. The fraction of sp³-hybridized carbons (Fsp3) is 0.524. The molecule has 0 atom stereocenters. The summed E-state index contributed by atoms with van der Waals surface area (Å²) in [7, 11) is 0. The molecule has 2 aromatic rings. The molecule has 0 unspecified atom stereocenters. The highest BCUT2D eigenvalue weighted by Crippen LogP contribution is 2.23. The first-order valence-electron chi connectivity index (χ1n) is 9.68. The van der Waals surface area contributed by atoms with Gasteiger partial charge in [0, 0.05) is 39.1 Å². The smallest absolute Gasteiger partial charge is 0.265 e. The third-order valence-corrected chi connectivity index (χ3v) is 5.86. The molecular weight excluding hydrogens is 358 g/mol. The Bertz CT molecular complexity index is 737. The molecule has 0 spiro atoms. The molecule has 1 amide bonds. The molecule has 1 aliphatic heterocycles. The number of hydrogen-bond donors (Lipinski definition) is 0. The minimum Gasteiger partial charge on any atom is -0.492 e. The predicted octanol–water partition coefficient (Wildman–Crippen LogP) is 3.49. The van der Waals surface area contributed by atoms with E-state index < -0.39 is 0 Å². The maximum atomic E-state index is 12.9. The molecular formula is C21H29N3O2S. The van der Waals surface area contributed by atoms with Crippen LogP contribution >= 0.6 is 11.3 Å². The summed E-state index contributed by atoms with van der Waals surface area (Å²) in [5, 5.41) is 1.07. The standard InChI is InChI=1S/C21H29N3O2S/c1-16(2)15-19-22-17(3)20(27-19)21(25)24-11-9-23(10-12-24)13-14-26-18-7-5-4-6-8-18/h4-8,16H,9-15H2,1-3H3. The quantitative estimate of drug-likeness (QED) is 0.730. The van der Waals surface area contributed by atoms with Gasteiger partial charge in [0.2, 0.25) is 0 Å². The Labute approximate surface area is 166 Å². The summed E-state index contributed by atoms with van der Waals surface area (Å²) in [6.07, 6.45) is 0.938. The number of ether oxygens (including phenoxy) is 1. The maximum absolute atomic E-state index is 12.9. The molecule has 2 heterocycles. The number of aryl methyl sites for hydroxylation is 1. The van der Waals surface area contributed by atoms with Crippen molar-refractivity contribution in [1.82, 2.24) is 14.8 Å². The van der Waals surface area contributed by atoms with Crippen LogP contribution in [0.4, 0.5) is 0 Å². The summed E-state index contributed by atoms with van der Waals surface area (Å²) in [6, 6.07) is 9.89. The summed E-state index contributed by atoms with van der Waals surface area (Å²) in [6.45, 7) is 11.2.